The topological polar surface area (TPSA) is 62.0 Å². The van der Waals surface area contributed by atoms with Crippen LogP contribution in [0, 0.1) is 0 Å². The molecule has 10 heteroatoms. The van der Waals surface area contributed by atoms with Gasteiger partial charge in [0, 0.05) is 6.20 Å². The minimum absolute atomic E-state index is 0.340. The Balaban J connectivity index is 2.40. The number of pyridine rings is 1. The molecule has 1 amide bonds. The Morgan fingerprint density at radius 2 is 1.62 bits per heavy atom. The van der Waals surface area contributed by atoms with Crippen molar-refractivity contribution >= 4 is 11.6 Å². The quantitative estimate of drug-likeness (QED) is 0.812. The highest BCUT2D eigenvalue weighted by Crippen LogP contribution is 2.32. The fourth-order valence-electron chi connectivity index (χ4n) is 1.86. The number of nitrogens with one attached hydrogen (secondary N) is 2. The average Bonchev–Trinajstić information content (AvgIpc) is 2.47. The second-order valence-electron chi connectivity index (χ2n) is 4.63. The van der Waals surface area contributed by atoms with Gasteiger partial charge >= 0.3 is 12.4 Å². The van der Waals surface area contributed by atoms with Crippen molar-refractivity contribution in [1.29, 1.82) is 0 Å². The summed E-state index contributed by atoms with van der Waals surface area (Å²) >= 11 is 0. The highest BCUT2D eigenvalue weighted by Gasteiger charge is 2.35. The summed E-state index contributed by atoms with van der Waals surface area (Å²) in [4.78, 5) is 25.2. The van der Waals surface area contributed by atoms with Crippen LogP contribution in [0.1, 0.15) is 21.5 Å². The van der Waals surface area contributed by atoms with Crippen LogP contribution in [0.2, 0.25) is 0 Å². The van der Waals surface area contributed by atoms with E-state index in [1.165, 1.54) is 0 Å². The number of alkyl halides is 6. The Labute approximate surface area is 130 Å². The summed E-state index contributed by atoms with van der Waals surface area (Å²) in [6.07, 6.45) is -9.25. The highest BCUT2D eigenvalue weighted by atomic mass is 19.4. The molecule has 0 saturated heterocycles. The number of carbonyl (C=O) groups is 1. The molecule has 0 fully saturated rings. The molecule has 0 unspecified atom stereocenters. The van der Waals surface area contributed by atoms with Gasteiger partial charge in [-0.15, -0.1) is 0 Å². The van der Waals surface area contributed by atoms with E-state index >= 15 is 0 Å². The van der Waals surface area contributed by atoms with Gasteiger partial charge in [0.05, 0.1) is 16.7 Å². The van der Waals surface area contributed by atoms with Crippen LogP contribution in [0.4, 0.5) is 32.0 Å². The van der Waals surface area contributed by atoms with Crippen molar-refractivity contribution in [2.45, 2.75) is 12.4 Å². The maximum Gasteiger partial charge on any atom is 0.417 e. The van der Waals surface area contributed by atoms with Gasteiger partial charge in [-0.25, -0.2) is 0 Å². The van der Waals surface area contributed by atoms with Crippen molar-refractivity contribution in [2.24, 2.45) is 0 Å². The molecule has 2 aromatic rings. The van der Waals surface area contributed by atoms with Gasteiger partial charge in [-0.2, -0.15) is 26.3 Å². The lowest BCUT2D eigenvalue weighted by Crippen LogP contribution is -2.23. The third kappa shape index (κ3) is 3.76. The van der Waals surface area contributed by atoms with Crippen molar-refractivity contribution in [3.8, 4) is 0 Å². The molecule has 0 saturated carbocycles. The van der Waals surface area contributed by atoms with Gasteiger partial charge in [0.1, 0.15) is 5.69 Å². The molecule has 2 N–H and O–H groups in total. The molecule has 128 valence electrons. The van der Waals surface area contributed by atoms with Gasteiger partial charge in [-0.1, -0.05) is 12.1 Å². The van der Waals surface area contributed by atoms with E-state index in [9.17, 15) is 35.9 Å². The van der Waals surface area contributed by atoms with Crippen molar-refractivity contribution in [1.82, 2.24) is 4.98 Å². The Kier molecular flexibility index (Phi) is 4.41. The smallest absolute Gasteiger partial charge is 0.327 e. The normalized spacial score (nSPS) is 12.1. The molecule has 0 aliphatic heterocycles. The lowest BCUT2D eigenvalue weighted by atomic mass is 10.1. The zero-order valence-corrected chi connectivity index (χ0v) is 11.5. The third-order valence-electron chi connectivity index (χ3n) is 2.96. The molecular formula is C14H8F6N2O2. The monoisotopic (exact) mass is 350 g/mol. The first-order valence-corrected chi connectivity index (χ1v) is 6.27. The Bertz CT molecular complexity index is 823. The molecule has 1 aromatic heterocycles. The maximum atomic E-state index is 12.9. The standard InChI is InChI=1S/C14H8F6N2O2/c15-13(16,17)7-5-10(12(24)21-6-7)22-11(23)8-3-1-2-4-9(8)14(18,19)20/h1-6H,(H,21,24)(H,22,23). The lowest BCUT2D eigenvalue weighted by molar-refractivity contribution is -0.138. The van der Waals surface area contributed by atoms with E-state index < -0.39 is 46.2 Å². The summed E-state index contributed by atoms with van der Waals surface area (Å²) in [6.45, 7) is 0. The van der Waals surface area contributed by atoms with E-state index in [1.54, 1.807) is 10.3 Å². The van der Waals surface area contributed by atoms with E-state index in [-0.39, 0.29) is 0 Å². The number of aromatic amines is 1. The highest BCUT2D eigenvalue weighted by molar-refractivity contribution is 6.05. The number of carbonyl (C=O) groups excluding carboxylic acids is 1. The number of rotatable bonds is 2. The number of anilines is 1. The molecule has 24 heavy (non-hydrogen) atoms. The molecule has 0 aliphatic rings. The second-order valence-corrected chi connectivity index (χ2v) is 4.63. The first-order valence-electron chi connectivity index (χ1n) is 6.27. The molecule has 1 aromatic carbocycles. The molecule has 0 spiro atoms. The van der Waals surface area contributed by atoms with Crippen LogP contribution < -0.4 is 10.9 Å². The number of benzene rings is 1. The zero-order chi connectivity index (χ0) is 18.1. The van der Waals surface area contributed by atoms with Crippen molar-refractivity contribution in [2.75, 3.05) is 5.32 Å². The molecule has 4 nitrogen and oxygen atoms in total. The summed E-state index contributed by atoms with van der Waals surface area (Å²) in [5, 5.41) is 1.77. The van der Waals surface area contributed by atoms with Gasteiger partial charge in [-0.05, 0) is 18.2 Å². The Morgan fingerprint density at radius 1 is 1.00 bits per heavy atom. The van der Waals surface area contributed by atoms with E-state index in [1.807, 2.05) is 0 Å². The Hall–Kier alpha value is -2.78. The molecule has 0 atom stereocenters. The van der Waals surface area contributed by atoms with Crippen LogP contribution in [0.15, 0.2) is 41.3 Å². The summed E-state index contributed by atoms with van der Waals surface area (Å²) < 4.78 is 76.3. The van der Waals surface area contributed by atoms with Crippen LogP contribution in [0.25, 0.3) is 0 Å². The maximum absolute atomic E-state index is 12.9. The van der Waals surface area contributed by atoms with Crippen LogP contribution in [0.3, 0.4) is 0 Å². The summed E-state index contributed by atoms with van der Waals surface area (Å²) in [6, 6.07) is 4.04. The number of hydrogen-bond donors (Lipinski definition) is 2. The number of amides is 1. The average molecular weight is 350 g/mol. The molecule has 2 rings (SSSR count). The number of hydrogen-bond acceptors (Lipinski definition) is 2. The van der Waals surface area contributed by atoms with E-state index in [2.05, 4.69) is 0 Å². The van der Waals surface area contributed by atoms with Gasteiger partial charge in [0.15, 0.2) is 0 Å². The summed E-state index contributed by atoms with van der Waals surface area (Å²) in [7, 11) is 0. The first kappa shape index (κ1) is 17.6. The van der Waals surface area contributed by atoms with Gasteiger partial charge < -0.3 is 10.3 Å². The molecular weight excluding hydrogens is 342 g/mol. The first-order chi connectivity index (χ1) is 11.0. The van der Waals surface area contributed by atoms with Crippen LogP contribution in [0.5, 0.6) is 0 Å². The fraction of sp³-hybridized carbons (Fsp3) is 0.143. The lowest BCUT2D eigenvalue weighted by Gasteiger charge is -2.13. The molecule has 0 aliphatic carbocycles. The predicted octanol–water partition coefficient (Wildman–Crippen LogP) is 3.66. The number of halogens is 6. The predicted molar refractivity (Wildman–Crippen MR) is 71.5 cm³/mol. The minimum Gasteiger partial charge on any atom is -0.327 e. The SMILES string of the molecule is O=C(Nc1cc(C(F)(F)F)c[nH]c1=O)c1ccccc1C(F)(F)F. The van der Waals surface area contributed by atoms with Crippen molar-refractivity contribution in [3.63, 3.8) is 0 Å². The van der Waals surface area contributed by atoms with Crippen LogP contribution in [-0.4, -0.2) is 10.9 Å². The van der Waals surface area contributed by atoms with Crippen LogP contribution in [-0.2, 0) is 12.4 Å². The number of aromatic nitrogens is 1. The van der Waals surface area contributed by atoms with Crippen molar-refractivity contribution < 1.29 is 31.1 Å². The minimum atomic E-state index is -4.84. The third-order valence-corrected chi connectivity index (χ3v) is 2.96. The summed E-state index contributed by atoms with van der Waals surface area (Å²) in [5.74, 6) is -1.35. The van der Waals surface area contributed by atoms with E-state index in [0.717, 1.165) is 18.2 Å². The van der Waals surface area contributed by atoms with Crippen LogP contribution >= 0.6 is 0 Å². The van der Waals surface area contributed by atoms with Gasteiger partial charge in [-0.3, -0.25) is 9.59 Å². The van der Waals surface area contributed by atoms with E-state index in [4.69, 9.17) is 0 Å². The Morgan fingerprint density at radius 3 is 2.21 bits per heavy atom. The number of H-pyrrole nitrogens is 1. The van der Waals surface area contributed by atoms with Crippen molar-refractivity contribution in [3.05, 3.63) is 63.6 Å². The molecule has 0 radical (unpaired) electrons. The van der Waals surface area contributed by atoms with Gasteiger partial charge in [0.25, 0.3) is 11.5 Å². The zero-order valence-electron chi connectivity index (χ0n) is 11.5. The largest absolute Gasteiger partial charge is 0.417 e. The second kappa shape index (κ2) is 6.02. The molecule has 0 bridgehead atoms. The summed E-state index contributed by atoms with van der Waals surface area (Å²) in [5.41, 5.74) is -5.25. The fourth-order valence-corrected chi connectivity index (χ4v) is 1.86. The molecule has 1 heterocycles. The van der Waals surface area contributed by atoms with Gasteiger partial charge in [0.2, 0.25) is 0 Å². The van der Waals surface area contributed by atoms with E-state index in [0.29, 0.717) is 18.3 Å².